The molecule has 0 fully saturated rings. The molecular formula is C32H46F5NO. The summed E-state index contributed by atoms with van der Waals surface area (Å²) in [4.78, 5) is 10.6. The third-order valence-electron chi connectivity index (χ3n) is 4.53. The number of carbonyl (C=O) groups excluding carboxylic acids is 1. The first-order valence-corrected chi connectivity index (χ1v) is 13.0. The molecule has 0 radical (unpaired) electrons. The van der Waals surface area contributed by atoms with Crippen LogP contribution in [-0.2, 0) is 11.2 Å². The highest BCUT2D eigenvalue weighted by Gasteiger charge is 2.12. The van der Waals surface area contributed by atoms with E-state index in [4.69, 9.17) is 18.3 Å². The Hall–Kier alpha value is -3.48. The van der Waals surface area contributed by atoms with Crippen molar-refractivity contribution in [3.63, 3.8) is 0 Å². The second-order valence-electron chi connectivity index (χ2n) is 6.73. The number of allylic oxidation sites excluding steroid dienone is 1. The molecule has 0 bridgehead atoms. The van der Waals surface area contributed by atoms with Crippen LogP contribution < -0.4 is 5.32 Å². The SMILES string of the molecule is C1=C(c2ccccc2)c2ccccc2CC1.CC.CC.CC.CC(=O)Nc1ccc(C)cc1.CF.FF.FF. The monoisotopic (exact) mass is 555 g/mol. The van der Waals surface area contributed by atoms with E-state index in [-0.39, 0.29) is 5.91 Å². The lowest BCUT2D eigenvalue weighted by Crippen LogP contribution is -2.05. The van der Waals surface area contributed by atoms with Crippen LogP contribution in [0, 0.1) is 6.92 Å². The number of amides is 1. The van der Waals surface area contributed by atoms with Gasteiger partial charge in [-0.2, -0.15) is 0 Å². The summed E-state index contributed by atoms with van der Waals surface area (Å²) in [5, 5.41) is 2.69. The molecule has 1 aliphatic carbocycles. The van der Waals surface area contributed by atoms with Crippen LogP contribution in [0.25, 0.3) is 5.57 Å². The Labute approximate surface area is 232 Å². The zero-order valence-electron chi connectivity index (χ0n) is 24.8. The van der Waals surface area contributed by atoms with Crippen LogP contribution in [0.2, 0.25) is 0 Å². The predicted octanol–water partition coefficient (Wildman–Crippen LogP) is 11.4. The van der Waals surface area contributed by atoms with E-state index in [0.717, 1.165) is 12.1 Å². The summed E-state index contributed by atoms with van der Waals surface area (Å²) in [7, 11) is 0.500. The summed E-state index contributed by atoms with van der Waals surface area (Å²) in [6.45, 7) is 15.5. The zero-order chi connectivity index (χ0) is 31.1. The molecule has 0 aliphatic heterocycles. The summed E-state index contributed by atoms with van der Waals surface area (Å²) in [6.07, 6.45) is 4.69. The van der Waals surface area contributed by atoms with E-state index >= 15 is 0 Å². The van der Waals surface area contributed by atoms with E-state index in [1.165, 1.54) is 41.2 Å². The quantitative estimate of drug-likeness (QED) is 0.313. The third-order valence-corrected chi connectivity index (χ3v) is 4.53. The standard InChI is InChI=1S/C16H14.C9H11NO.3C2H6.CH3F.2F2/c1-2-7-13(8-3-1)16-12-6-10-14-9-4-5-11-15(14)16;1-7-3-5-9(6-4-7)10-8(2)11;6*1-2/h1-5,7-9,11-12H,6,10H2;3-6H,1-2H3,(H,10,11);3*1-2H3;1H3;;. The Morgan fingerprint density at radius 1 is 0.692 bits per heavy atom. The number of benzene rings is 3. The topological polar surface area (TPSA) is 29.1 Å². The van der Waals surface area contributed by atoms with E-state index in [1.54, 1.807) is 0 Å². The Balaban J connectivity index is -0.000000234. The number of halogens is 5. The smallest absolute Gasteiger partial charge is 0.221 e. The second-order valence-corrected chi connectivity index (χ2v) is 6.73. The van der Waals surface area contributed by atoms with Crippen LogP contribution in [0.3, 0.4) is 0 Å². The van der Waals surface area contributed by atoms with Crippen LogP contribution in [0.15, 0.2) is 84.9 Å². The van der Waals surface area contributed by atoms with Gasteiger partial charge in [0.15, 0.2) is 0 Å². The first-order valence-electron chi connectivity index (χ1n) is 13.0. The van der Waals surface area contributed by atoms with Crippen molar-refractivity contribution < 1.29 is 27.5 Å². The Morgan fingerprint density at radius 2 is 1.15 bits per heavy atom. The van der Waals surface area contributed by atoms with Crippen LogP contribution in [-0.4, -0.2) is 13.1 Å². The number of anilines is 1. The van der Waals surface area contributed by atoms with E-state index in [0.29, 0.717) is 7.18 Å². The van der Waals surface area contributed by atoms with Crippen molar-refractivity contribution in [3.8, 4) is 0 Å². The summed E-state index contributed by atoms with van der Waals surface area (Å²) in [6, 6.07) is 27.1. The number of aryl methyl sites for hydroxylation is 2. The van der Waals surface area contributed by atoms with Crippen LogP contribution >= 0.6 is 0 Å². The minimum Gasteiger partial charge on any atom is -0.326 e. The highest BCUT2D eigenvalue weighted by Crippen LogP contribution is 2.31. The van der Waals surface area contributed by atoms with Crippen LogP contribution in [0.4, 0.5) is 28.4 Å². The van der Waals surface area contributed by atoms with Crippen molar-refractivity contribution in [2.24, 2.45) is 0 Å². The van der Waals surface area contributed by atoms with Gasteiger partial charge in [0.2, 0.25) is 5.91 Å². The molecule has 3 aromatic rings. The molecule has 1 aliphatic rings. The Morgan fingerprint density at radius 3 is 1.64 bits per heavy atom. The average Bonchev–Trinajstić information content (AvgIpc) is 3.04. The van der Waals surface area contributed by atoms with Gasteiger partial charge in [-0.25, -0.2) is 0 Å². The number of fused-ring (bicyclic) bond motifs is 1. The maximum absolute atomic E-state index is 10.6. The molecule has 0 unspecified atom stereocenters. The Bertz CT molecular complexity index is 946. The molecule has 0 saturated heterocycles. The first kappa shape index (κ1) is 42.6. The lowest BCUT2D eigenvalue weighted by Gasteiger charge is -2.17. The van der Waals surface area contributed by atoms with Crippen molar-refractivity contribution in [2.45, 2.75) is 68.2 Å². The molecule has 3 aromatic carbocycles. The number of alkyl halides is 1. The minimum atomic E-state index is -0.0335. The fourth-order valence-electron chi connectivity index (χ4n) is 3.21. The van der Waals surface area contributed by atoms with Gasteiger partial charge in [0.1, 0.15) is 0 Å². The van der Waals surface area contributed by atoms with Gasteiger partial charge < -0.3 is 5.32 Å². The first-order chi connectivity index (χ1) is 19.1. The van der Waals surface area contributed by atoms with Gasteiger partial charge >= 0.3 is 0 Å². The summed E-state index contributed by atoms with van der Waals surface area (Å²) in [5.74, 6) is -0.0335. The zero-order valence-corrected chi connectivity index (χ0v) is 24.8. The van der Waals surface area contributed by atoms with Gasteiger partial charge in [0.25, 0.3) is 0 Å². The van der Waals surface area contributed by atoms with Crippen LogP contribution in [0.1, 0.15) is 77.1 Å². The van der Waals surface area contributed by atoms with E-state index < -0.39 is 0 Å². The molecule has 39 heavy (non-hydrogen) atoms. The molecule has 0 aromatic heterocycles. The lowest BCUT2D eigenvalue weighted by atomic mass is 9.87. The molecule has 1 N–H and O–H groups in total. The van der Waals surface area contributed by atoms with E-state index in [2.05, 4.69) is 66.0 Å². The minimum absolute atomic E-state index is 0.0335. The van der Waals surface area contributed by atoms with E-state index in [9.17, 15) is 9.18 Å². The predicted molar refractivity (Wildman–Crippen MR) is 159 cm³/mol. The molecule has 220 valence electrons. The molecule has 0 saturated carbocycles. The van der Waals surface area contributed by atoms with Crippen molar-refractivity contribution >= 4 is 17.2 Å². The molecule has 0 atom stereocenters. The van der Waals surface area contributed by atoms with Gasteiger partial charge in [-0.15, -0.1) is 0 Å². The van der Waals surface area contributed by atoms with Crippen molar-refractivity contribution in [3.05, 3.63) is 107 Å². The third kappa shape index (κ3) is 19.3. The molecule has 0 heterocycles. The molecule has 0 spiro atoms. The summed E-state index contributed by atoms with van der Waals surface area (Å²) < 4.78 is 41.5. The molecule has 4 rings (SSSR count). The van der Waals surface area contributed by atoms with E-state index in [1.807, 2.05) is 72.7 Å². The highest BCUT2D eigenvalue weighted by atomic mass is 20.0. The van der Waals surface area contributed by atoms with Gasteiger partial charge in [-0.1, -0.05) is 120 Å². The van der Waals surface area contributed by atoms with Crippen LogP contribution in [0.5, 0.6) is 0 Å². The van der Waals surface area contributed by atoms with Gasteiger partial charge in [-0.05, 0) is 54.2 Å². The van der Waals surface area contributed by atoms with Gasteiger partial charge in [-0.3, -0.25) is 9.18 Å². The molecule has 2 nitrogen and oxygen atoms in total. The summed E-state index contributed by atoms with van der Waals surface area (Å²) in [5.41, 5.74) is 7.64. The Kier molecular flexibility index (Phi) is 35.6. The number of hydrogen-bond acceptors (Lipinski definition) is 1. The maximum Gasteiger partial charge on any atom is 0.221 e. The van der Waals surface area contributed by atoms with Crippen molar-refractivity contribution in [1.82, 2.24) is 0 Å². The normalized spacial score (nSPS) is 9.33. The van der Waals surface area contributed by atoms with Gasteiger partial charge in [0.05, 0.1) is 7.18 Å². The second kappa shape index (κ2) is 32.5. The molecular weight excluding hydrogens is 509 g/mol. The van der Waals surface area contributed by atoms with Crippen molar-refractivity contribution in [1.29, 1.82) is 0 Å². The average molecular weight is 556 g/mol. The molecule has 7 heteroatoms. The van der Waals surface area contributed by atoms with Gasteiger partial charge in [0, 0.05) is 30.9 Å². The van der Waals surface area contributed by atoms with Crippen molar-refractivity contribution in [2.75, 3.05) is 12.5 Å². The fraction of sp³-hybridized carbons (Fsp3) is 0.344. The summed E-state index contributed by atoms with van der Waals surface area (Å²) >= 11 is 0. The number of nitrogens with one attached hydrogen (secondary N) is 1. The largest absolute Gasteiger partial charge is 0.326 e. The maximum atomic E-state index is 10.6. The number of carbonyl (C=O) groups is 1. The number of hydrogen-bond donors (Lipinski definition) is 1. The molecule has 1 amide bonds. The lowest BCUT2D eigenvalue weighted by molar-refractivity contribution is -0.114. The fourth-order valence-corrected chi connectivity index (χ4v) is 3.21. The highest BCUT2D eigenvalue weighted by molar-refractivity contribution is 5.88. The number of rotatable bonds is 2.